The van der Waals surface area contributed by atoms with Crippen molar-refractivity contribution in [3.63, 3.8) is 0 Å². The molecule has 3 atom stereocenters. The summed E-state index contributed by atoms with van der Waals surface area (Å²) in [6.07, 6.45) is 3.27. The van der Waals surface area contributed by atoms with E-state index in [1.165, 1.54) is 16.8 Å². The normalized spacial score (nSPS) is 20.1. The van der Waals surface area contributed by atoms with Crippen molar-refractivity contribution in [1.29, 1.82) is 5.41 Å². The lowest BCUT2D eigenvalue weighted by atomic mass is 10.2. The quantitative estimate of drug-likeness (QED) is 0.334. The SMILES string of the molecule is N=Cc1c([NH2+]Cc2ccccc2F)ccn(-c2cc(NC3C[C@@H](O)C[C@H]3O)ncc2Cl)c1=O. The summed E-state index contributed by atoms with van der Waals surface area (Å²) < 4.78 is 15.2. The molecule has 0 radical (unpaired) electrons. The van der Waals surface area contributed by atoms with Crippen LogP contribution in [0.3, 0.4) is 0 Å². The Labute approximate surface area is 194 Å². The van der Waals surface area contributed by atoms with Gasteiger partial charge in [-0.1, -0.05) is 29.8 Å². The van der Waals surface area contributed by atoms with Crippen molar-refractivity contribution >= 4 is 29.3 Å². The Morgan fingerprint density at radius 2 is 2.09 bits per heavy atom. The minimum Gasteiger partial charge on any atom is -0.393 e. The molecule has 0 spiro atoms. The van der Waals surface area contributed by atoms with E-state index in [2.05, 4.69) is 10.3 Å². The molecule has 2 aromatic heterocycles. The zero-order valence-electron chi connectivity index (χ0n) is 17.6. The molecule has 4 rings (SSSR count). The molecular weight excluding hydrogens is 449 g/mol. The molecule has 1 unspecified atom stereocenters. The molecular formula is C23H24ClFN5O3+. The molecule has 1 aromatic carbocycles. The average Bonchev–Trinajstić information content (AvgIpc) is 3.11. The number of aliphatic hydroxyl groups excluding tert-OH is 2. The summed E-state index contributed by atoms with van der Waals surface area (Å²) in [5, 5.41) is 32.6. The lowest BCUT2D eigenvalue weighted by molar-refractivity contribution is -0.589. The van der Waals surface area contributed by atoms with Gasteiger partial charge in [0.25, 0.3) is 5.56 Å². The molecule has 0 bridgehead atoms. The van der Waals surface area contributed by atoms with Gasteiger partial charge in [-0.3, -0.25) is 9.36 Å². The van der Waals surface area contributed by atoms with Crippen molar-refractivity contribution in [3.8, 4) is 5.69 Å². The smallest absolute Gasteiger partial charge is 0.270 e. The Balaban J connectivity index is 1.62. The second-order valence-electron chi connectivity index (χ2n) is 7.97. The monoisotopic (exact) mass is 472 g/mol. The predicted molar refractivity (Wildman–Crippen MR) is 123 cm³/mol. The lowest BCUT2D eigenvalue weighted by Crippen LogP contribution is -2.77. The van der Waals surface area contributed by atoms with Gasteiger partial charge in [0.05, 0.1) is 35.2 Å². The number of hydrogen-bond donors (Lipinski definition) is 5. The van der Waals surface area contributed by atoms with Crippen molar-refractivity contribution in [2.24, 2.45) is 0 Å². The van der Waals surface area contributed by atoms with Gasteiger partial charge in [0, 0.05) is 36.5 Å². The third-order valence-corrected chi connectivity index (χ3v) is 6.03. The van der Waals surface area contributed by atoms with E-state index < -0.39 is 17.8 Å². The fraction of sp³-hybridized carbons (Fsp3) is 0.261. The van der Waals surface area contributed by atoms with E-state index in [-0.39, 0.29) is 35.4 Å². The van der Waals surface area contributed by atoms with Gasteiger partial charge in [-0.2, -0.15) is 0 Å². The summed E-state index contributed by atoms with van der Waals surface area (Å²) in [5.74, 6) is 0.0630. The Morgan fingerprint density at radius 1 is 1.30 bits per heavy atom. The van der Waals surface area contributed by atoms with Crippen LogP contribution in [0, 0.1) is 11.2 Å². The molecule has 3 aromatic rings. The summed E-state index contributed by atoms with van der Waals surface area (Å²) in [7, 11) is 0. The third-order valence-electron chi connectivity index (χ3n) is 5.74. The Bertz CT molecular complexity index is 1230. The largest absolute Gasteiger partial charge is 0.393 e. The molecule has 172 valence electrons. The van der Waals surface area contributed by atoms with Crippen LogP contribution in [0.5, 0.6) is 0 Å². The average molecular weight is 473 g/mol. The van der Waals surface area contributed by atoms with Crippen LogP contribution in [0.4, 0.5) is 15.9 Å². The summed E-state index contributed by atoms with van der Waals surface area (Å²) in [5.41, 5.74) is 1.05. The minimum absolute atomic E-state index is 0.144. The number of aromatic nitrogens is 2. The van der Waals surface area contributed by atoms with Crippen molar-refractivity contribution in [2.45, 2.75) is 37.6 Å². The van der Waals surface area contributed by atoms with Crippen molar-refractivity contribution in [1.82, 2.24) is 9.55 Å². The molecule has 0 saturated heterocycles. The zero-order valence-corrected chi connectivity index (χ0v) is 18.3. The number of halogens is 2. The molecule has 6 N–H and O–H groups in total. The van der Waals surface area contributed by atoms with Gasteiger partial charge in [-0.15, -0.1) is 0 Å². The van der Waals surface area contributed by atoms with E-state index in [9.17, 15) is 19.4 Å². The highest BCUT2D eigenvalue weighted by molar-refractivity contribution is 6.32. The van der Waals surface area contributed by atoms with E-state index in [1.807, 2.05) is 0 Å². The maximum Gasteiger partial charge on any atom is 0.270 e. The number of hydrogen-bond acceptors (Lipinski definition) is 6. The molecule has 0 aliphatic heterocycles. The Hall–Kier alpha value is -3.11. The van der Waals surface area contributed by atoms with Crippen LogP contribution in [0.1, 0.15) is 24.0 Å². The van der Waals surface area contributed by atoms with Gasteiger partial charge in [0.1, 0.15) is 29.4 Å². The molecule has 1 aliphatic rings. The number of nitrogens with two attached hydrogens (primary N) is 1. The highest BCUT2D eigenvalue weighted by Gasteiger charge is 2.32. The van der Waals surface area contributed by atoms with Crippen LogP contribution in [0.15, 0.2) is 53.6 Å². The zero-order chi connectivity index (χ0) is 23.5. The Morgan fingerprint density at radius 3 is 2.79 bits per heavy atom. The number of nitrogens with zero attached hydrogens (tertiary/aromatic N) is 2. The summed E-state index contributed by atoms with van der Waals surface area (Å²) in [4.78, 5) is 17.4. The fourth-order valence-electron chi connectivity index (χ4n) is 3.99. The predicted octanol–water partition coefficient (Wildman–Crippen LogP) is 1.71. The van der Waals surface area contributed by atoms with E-state index in [0.29, 0.717) is 29.2 Å². The molecule has 33 heavy (non-hydrogen) atoms. The number of aliphatic hydroxyl groups is 2. The van der Waals surface area contributed by atoms with Crippen LogP contribution >= 0.6 is 11.6 Å². The van der Waals surface area contributed by atoms with Gasteiger partial charge >= 0.3 is 0 Å². The third kappa shape index (κ3) is 4.96. The van der Waals surface area contributed by atoms with Crippen molar-refractivity contribution in [2.75, 3.05) is 5.32 Å². The topological polar surface area (TPSA) is 128 Å². The van der Waals surface area contributed by atoms with Crippen LogP contribution < -0.4 is 16.2 Å². The van der Waals surface area contributed by atoms with Crippen molar-refractivity contribution < 1.29 is 19.9 Å². The maximum atomic E-state index is 13.9. The number of nitrogens with one attached hydrogen (secondary N) is 2. The molecule has 1 fully saturated rings. The second kappa shape index (κ2) is 9.80. The van der Waals surface area contributed by atoms with Crippen LogP contribution in [0.2, 0.25) is 5.02 Å². The van der Waals surface area contributed by atoms with E-state index in [4.69, 9.17) is 17.0 Å². The standard InChI is InChI=1S/C23H23ClFN5O3/c24-16-12-28-22(29-19-7-14(31)8-21(19)32)9-20(16)30-6-5-18(15(10-26)23(30)33)27-11-13-3-1-2-4-17(13)25/h1-6,9-10,12,14,19,21,26-27,31-32H,7-8,11H2,(H,28,29)/p+1/t14-,19?,21-/m1/s1. The molecule has 0 amide bonds. The van der Waals surface area contributed by atoms with E-state index in [0.717, 1.165) is 6.21 Å². The molecule has 1 saturated carbocycles. The molecule has 10 heteroatoms. The maximum absolute atomic E-state index is 13.9. The highest BCUT2D eigenvalue weighted by atomic mass is 35.5. The van der Waals surface area contributed by atoms with E-state index in [1.54, 1.807) is 41.8 Å². The number of benzene rings is 1. The number of quaternary nitrogens is 1. The van der Waals surface area contributed by atoms with Gasteiger partial charge < -0.3 is 26.3 Å². The number of rotatable bonds is 7. The van der Waals surface area contributed by atoms with Gasteiger partial charge in [-0.25, -0.2) is 9.37 Å². The van der Waals surface area contributed by atoms with Crippen LogP contribution in [0.25, 0.3) is 5.69 Å². The number of pyridine rings is 2. The first kappa shape index (κ1) is 23.1. The Kier molecular flexibility index (Phi) is 6.85. The summed E-state index contributed by atoms with van der Waals surface area (Å²) >= 11 is 6.32. The van der Waals surface area contributed by atoms with Crippen molar-refractivity contribution in [3.05, 3.63) is 81.1 Å². The first-order valence-corrected chi connectivity index (χ1v) is 10.9. The van der Waals surface area contributed by atoms with Crippen LogP contribution in [-0.2, 0) is 6.54 Å². The van der Waals surface area contributed by atoms with Gasteiger partial charge in [-0.05, 0) is 12.5 Å². The number of anilines is 1. The molecule has 1 aliphatic carbocycles. The van der Waals surface area contributed by atoms with Gasteiger partial charge in [0.15, 0.2) is 0 Å². The second-order valence-corrected chi connectivity index (χ2v) is 8.38. The van der Waals surface area contributed by atoms with E-state index >= 15 is 0 Å². The minimum atomic E-state index is -0.711. The first-order chi connectivity index (χ1) is 15.9. The lowest BCUT2D eigenvalue weighted by Gasteiger charge is -2.18. The molecule has 2 heterocycles. The highest BCUT2D eigenvalue weighted by Crippen LogP contribution is 2.26. The van der Waals surface area contributed by atoms with Gasteiger partial charge in [0.2, 0.25) is 0 Å². The summed E-state index contributed by atoms with van der Waals surface area (Å²) in [6, 6.07) is 9.28. The summed E-state index contributed by atoms with van der Waals surface area (Å²) in [6.45, 7) is 0.274. The molecule has 8 nitrogen and oxygen atoms in total. The van der Waals surface area contributed by atoms with Crippen LogP contribution in [-0.4, -0.2) is 44.2 Å². The fourth-order valence-corrected chi connectivity index (χ4v) is 4.18. The first-order valence-electron chi connectivity index (χ1n) is 10.5.